The zero-order chi connectivity index (χ0) is 9.56. The van der Waals surface area contributed by atoms with E-state index in [1.54, 1.807) is 0 Å². The Bertz CT molecular complexity index is 191. The van der Waals surface area contributed by atoms with Gasteiger partial charge in [-0.1, -0.05) is 6.08 Å². The van der Waals surface area contributed by atoms with Crippen molar-refractivity contribution in [1.82, 2.24) is 5.32 Å². The third-order valence-electron chi connectivity index (χ3n) is 1.15. The molecule has 0 aromatic heterocycles. The monoisotopic (exact) mass is 172 g/mol. The molecule has 5 nitrogen and oxygen atoms in total. The molecule has 0 radical (unpaired) electrons. The molecular weight excluding hydrogens is 160 g/mol. The van der Waals surface area contributed by atoms with Gasteiger partial charge in [-0.15, -0.1) is 6.58 Å². The second-order valence-corrected chi connectivity index (χ2v) is 2.24. The molecule has 0 heterocycles. The van der Waals surface area contributed by atoms with Crippen LogP contribution in [-0.2, 0) is 9.59 Å². The predicted molar refractivity (Wildman–Crippen MR) is 43.4 cm³/mol. The van der Waals surface area contributed by atoms with Gasteiger partial charge in [-0.25, -0.2) is 0 Å². The highest BCUT2D eigenvalue weighted by atomic mass is 16.4. The number of nitrogens with two attached hydrogens (primary N) is 1. The van der Waals surface area contributed by atoms with Gasteiger partial charge in [0.2, 0.25) is 5.91 Å². The number of carboxylic acids is 1. The van der Waals surface area contributed by atoms with E-state index < -0.39 is 17.9 Å². The van der Waals surface area contributed by atoms with E-state index in [0.717, 1.165) is 0 Å². The lowest BCUT2D eigenvalue weighted by atomic mass is 10.2. The summed E-state index contributed by atoms with van der Waals surface area (Å²) in [6.07, 6.45) is 1.13. The van der Waals surface area contributed by atoms with Crippen molar-refractivity contribution in [1.29, 1.82) is 0 Å². The second-order valence-electron chi connectivity index (χ2n) is 2.24. The second kappa shape index (κ2) is 5.31. The first-order valence-electron chi connectivity index (χ1n) is 3.44. The molecule has 1 unspecified atom stereocenters. The zero-order valence-electron chi connectivity index (χ0n) is 6.62. The summed E-state index contributed by atoms with van der Waals surface area (Å²) in [4.78, 5) is 21.0. The quantitative estimate of drug-likeness (QED) is 0.468. The van der Waals surface area contributed by atoms with Gasteiger partial charge in [0.05, 0.1) is 12.5 Å². The van der Waals surface area contributed by atoms with Crippen LogP contribution in [0.3, 0.4) is 0 Å². The Morgan fingerprint density at radius 2 is 2.25 bits per heavy atom. The van der Waals surface area contributed by atoms with Gasteiger partial charge < -0.3 is 16.2 Å². The summed E-state index contributed by atoms with van der Waals surface area (Å²) in [7, 11) is 0. The molecule has 0 rings (SSSR count). The van der Waals surface area contributed by atoms with Gasteiger partial charge in [-0.3, -0.25) is 9.59 Å². The summed E-state index contributed by atoms with van der Waals surface area (Å²) in [5, 5.41) is 10.7. The van der Waals surface area contributed by atoms with Gasteiger partial charge in [0, 0.05) is 6.54 Å². The van der Waals surface area contributed by atoms with Gasteiger partial charge in [0.15, 0.2) is 0 Å². The molecule has 0 spiro atoms. The molecule has 4 N–H and O–H groups in total. The normalized spacial score (nSPS) is 11.8. The van der Waals surface area contributed by atoms with Crippen LogP contribution in [0.4, 0.5) is 0 Å². The highest BCUT2D eigenvalue weighted by Crippen LogP contribution is 1.87. The largest absolute Gasteiger partial charge is 0.481 e. The maximum atomic E-state index is 10.9. The van der Waals surface area contributed by atoms with E-state index in [0.29, 0.717) is 6.54 Å². The first kappa shape index (κ1) is 10.6. The van der Waals surface area contributed by atoms with Crippen LogP contribution < -0.4 is 11.1 Å². The maximum Gasteiger partial charge on any atom is 0.305 e. The van der Waals surface area contributed by atoms with E-state index in [1.807, 2.05) is 0 Å². The number of amides is 1. The van der Waals surface area contributed by atoms with E-state index >= 15 is 0 Å². The first-order chi connectivity index (χ1) is 5.57. The molecule has 0 fully saturated rings. The van der Waals surface area contributed by atoms with Crippen LogP contribution in [0.25, 0.3) is 0 Å². The first-order valence-corrected chi connectivity index (χ1v) is 3.44. The SMILES string of the molecule is C=CCNC(=O)C(N)CC(=O)O. The molecule has 1 atom stereocenters. The lowest BCUT2D eigenvalue weighted by Crippen LogP contribution is -2.41. The van der Waals surface area contributed by atoms with Crippen molar-refractivity contribution in [3.8, 4) is 0 Å². The number of carbonyl (C=O) groups excluding carboxylic acids is 1. The highest BCUT2D eigenvalue weighted by molar-refractivity contribution is 5.85. The Morgan fingerprint density at radius 3 is 2.67 bits per heavy atom. The minimum atomic E-state index is -1.09. The minimum absolute atomic E-state index is 0.298. The standard InChI is InChI=1S/C7H12N2O3/c1-2-3-9-7(12)5(8)4-6(10)11/h2,5H,1,3-4,8H2,(H,9,12)(H,10,11). The molecular formula is C7H12N2O3. The van der Waals surface area contributed by atoms with Gasteiger partial charge in [0.1, 0.15) is 0 Å². The molecule has 0 saturated heterocycles. The molecule has 68 valence electrons. The van der Waals surface area contributed by atoms with Crippen LogP contribution in [0.2, 0.25) is 0 Å². The van der Waals surface area contributed by atoms with Gasteiger partial charge in [-0.2, -0.15) is 0 Å². The number of carboxylic acid groups (broad SMARTS) is 1. The molecule has 0 aliphatic carbocycles. The molecule has 0 aliphatic rings. The summed E-state index contributed by atoms with van der Waals surface area (Å²) < 4.78 is 0. The molecule has 1 amide bonds. The van der Waals surface area contributed by atoms with Crippen LogP contribution in [0.15, 0.2) is 12.7 Å². The highest BCUT2D eigenvalue weighted by Gasteiger charge is 2.15. The fraction of sp³-hybridized carbons (Fsp3) is 0.429. The van der Waals surface area contributed by atoms with Crippen molar-refractivity contribution >= 4 is 11.9 Å². The van der Waals surface area contributed by atoms with Crippen molar-refractivity contribution in [2.45, 2.75) is 12.5 Å². The fourth-order valence-corrected chi connectivity index (χ4v) is 0.585. The molecule has 12 heavy (non-hydrogen) atoms. The number of aliphatic carboxylic acids is 1. The minimum Gasteiger partial charge on any atom is -0.481 e. The van der Waals surface area contributed by atoms with Crippen molar-refractivity contribution in [3.05, 3.63) is 12.7 Å². The Balaban J connectivity index is 3.76. The molecule has 0 aliphatic heterocycles. The van der Waals surface area contributed by atoms with Crippen LogP contribution in [0.5, 0.6) is 0 Å². The van der Waals surface area contributed by atoms with E-state index in [1.165, 1.54) is 6.08 Å². The van der Waals surface area contributed by atoms with Crippen molar-refractivity contribution < 1.29 is 14.7 Å². The average molecular weight is 172 g/mol. The Hall–Kier alpha value is -1.36. The number of hydrogen-bond donors (Lipinski definition) is 3. The summed E-state index contributed by atoms with van der Waals surface area (Å²) in [5.74, 6) is -1.56. The van der Waals surface area contributed by atoms with Crippen LogP contribution in [0, 0.1) is 0 Å². The van der Waals surface area contributed by atoms with E-state index in [9.17, 15) is 9.59 Å². The van der Waals surface area contributed by atoms with Gasteiger partial charge in [-0.05, 0) is 0 Å². The molecule has 0 aromatic carbocycles. The maximum absolute atomic E-state index is 10.9. The molecule has 5 heteroatoms. The smallest absolute Gasteiger partial charge is 0.305 e. The summed E-state index contributed by atoms with van der Waals surface area (Å²) in [6, 6.07) is -0.984. The van der Waals surface area contributed by atoms with E-state index in [2.05, 4.69) is 11.9 Å². The van der Waals surface area contributed by atoms with Gasteiger partial charge >= 0.3 is 5.97 Å². The number of hydrogen-bond acceptors (Lipinski definition) is 3. The zero-order valence-corrected chi connectivity index (χ0v) is 6.62. The third-order valence-corrected chi connectivity index (χ3v) is 1.15. The van der Waals surface area contributed by atoms with Crippen LogP contribution in [0.1, 0.15) is 6.42 Å². The molecule has 0 aromatic rings. The van der Waals surface area contributed by atoms with E-state index in [4.69, 9.17) is 10.8 Å². The summed E-state index contributed by atoms with van der Waals surface area (Å²) >= 11 is 0. The Kier molecular flexibility index (Phi) is 4.71. The lowest BCUT2D eigenvalue weighted by molar-refractivity contribution is -0.139. The lowest BCUT2D eigenvalue weighted by Gasteiger charge is -2.07. The van der Waals surface area contributed by atoms with Crippen LogP contribution >= 0.6 is 0 Å². The number of nitrogens with one attached hydrogen (secondary N) is 1. The predicted octanol–water partition coefficient (Wildman–Crippen LogP) is -0.909. The average Bonchev–Trinajstić information content (AvgIpc) is 1.98. The molecule has 0 saturated carbocycles. The van der Waals surface area contributed by atoms with Crippen LogP contribution in [-0.4, -0.2) is 29.6 Å². The fourth-order valence-electron chi connectivity index (χ4n) is 0.585. The Labute approximate surface area is 70.2 Å². The summed E-state index contributed by atoms with van der Waals surface area (Å²) in [5.41, 5.74) is 5.23. The van der Waals surface area contributed by atoms with Crippen molar-refractivity contribution in [2.24, 2.45) is 5.73 Å². The Morgan fingerprint density at radius 1 is 1.67 bits per heavy atom. The number of carbonyl (C=O) groups is 2. The van der Waals surface area contributed by atoms with Crippen molar-refractivity contribution in [3.63, 3.8) is 0 Å². The summed E-state index contributed by atoms with van der Waals surface area (Å²) in [6.45, 7) is 3.68. The molecule has 0 bridgehead atoms. The topological polar surface area (TPSA) is 92.4 Å². The van der Waals surface area contributed by atoms with E-state index in [-0.39, 0.29) is 6.42 Å². The third kappa shape index (κ3) is 4.45. The van der Waals surface area contributed by atoms with Gasteiger partial charge in [0.25, 0.3) is 0 Å². The van der Waals surface area contributed by atoms with Crippen molar-refractivity contribution in [2.75, 3.05) is 6.54 Å². The number of rotatable bonds is 5.